The Morgan fingerprint density at radius 1 is 1.42 bits per heavy atom. The van der Waals surface area contributed by atoms with Crippen molar-refractivity contribution in [2.75, 3.05) is 31.1 Å². The summed E-state index contributed by atoms with van der Waals surface area (Å²) in [5, 5.41) is 0. The van der Waals surface area contributed by atoms with Gasteiger partial charge in [0, 0.05) is 31.7 Å². The van der Waals surface area contributed by atoms with Gasteiger partial charge in [-0.3, -0.25) is 4.90 Å². The molecule has 4 heteroatoms. The number of benzene rings is 1. The van der Waals surface area contributed by atoms with E-state index >= 15 is 0 Å². The summed E-state index contributed by atoms with van der Waals surface area (Å²) in [5.41, 5.74) is 7.33. The van der Waals surface area contributed by atoms with Gasteiger partial charge in [-0.1, -0.05) is 13.0 Å². The average molecular weight is 265 g/mol. The van der Waals surface area contributed by atoms with Crippen LogP contribution in [0.2, 0.25) is 0 Å². The van der Waals surface area contributed by atoms with Gasteiger partial charge in [-0.05, 0) is 38.1 Å². The van der Waals surface area contributed by atoms with Crippen molar-refractivity contribution in [2.24, 2.45) is 5.73 Å². The summed E-state index contributed by atoms with van der Waals surface area (Å²) in [7, 11) is 0. The molecule has 1 aliphatic heterocycles. The second-order valence-electron chi connectivity index (χ2n) is 5.42. The maximum Gasteiger partial charge on any atom is 0.146 e. The molecular weight excluding hydrogens is 241 g/mol. The third kappa shape index (κ3) is 3.07. The minimum atomic E-state index is -0.160. The number of anilines is 1. The Morgan fingerprint density at radius 2 is 2.16 bits per heavy atom. The summed E-state index contributed by atoms with van der Waals surface area (Å²) in [4.78, 5) is 4.56. The Labute approximate surface area is 115 Å². The van der Waals surface area contributed by atoms with Gasteiger partial charge in [0.05, 0.1) is 5.69 Å². The zero-order valence-electron chi connectivity index (χ0n) is 12.1. The molecule has 2 rings (SSSR count). The number of piperazine rings is 1. The number of nitrogens with two attached hydrogens (primary N) is 1. The highest BCUT2D eigenvalue weighted by molar-refractivity contribution is 5.50. The van der Waals surface area contributed by atoms with E-state index < -0.39 is 0 Å². The highest BCUT2D eigenvalue weighted by Crippen LogP contribution is 2.25. The Morgan fingerprint density at radius 3 is 2.68 bits per heavy atom. The molecule has 19 heavy (non-hydrogen) atoms. The first-order chi connectivity index (χ1) is 9.02. The van der Waals surface area contributed by atoms with Crippen LogP contribution in [0.3, 0.4) is 0 Å². The van der Waals surface area contributed by atoms with Crippen molar-refractivity contribution in [3.8, 4) is 0 Å². The maximum atomic E-state index is 14.2. The van der Waals surface area contributed by atoms with E-state index in [9.17, 15) is 4.39 Å². The SMILES string of the molecule is CCN1CCN(c2ccc([C@H](C)N)cc2F)CC1C. The third-order valence-corrected chi connectivity index (χ3v) is 4.01. The van der Waals surface area contributed by atoms with Crippen molar-refractivity contribution in [3.63, 3.8) is 0 Å². The molecule has 1 heterocycles. The van der Waals surface area contributed by atoms with Crippen LogP contribution >= 0.6 is 0 Å². The second-order valence-corrected chi connectivity index (χ2v) is 5.42. The van der Waals surface area contributed by atoms with Crippen LogP contribution in [0.15, 0.2) is 18.2 Å². The van der Waals surface area contributed by atoms with Crippen LogP contribution in [-0.4, -0.2) is 37.1 Å². The van der Waals surface area contributed by atoms with Crippen molar-refractivity contribution in [3.05, 3.63) is 29.6 Å². The van der Waals surface area contributed by atoms with Crippen LogP contribution in [0.4, 0.5) is 10.1 Å². The molecule has 1 fully saturated rings. The van der Waals surface area contributed by atoms with Crippen molar-refractivity contribution >= 4 is 5.69 Å². The third-order valence-electron chi connectivity index (χ3n) is 4.01. The highest BCUT2D eigenvalue weighted by atomic mass is 19.1. The zero-order chi connectivity index (χ0) is 14.0. The fraction of sp³-hybridized carbons (Fsp3) is 0.600. The molecule has 0 spiro atoms. The first-order valence-electron chi connectivity index (χ1n) is 7.07. The summed E-state index contributed by atoms with van der Waals surface area (Å²) in [5.74, 6) is -0.160. The molecule has 1 unspecified atom stereocenters. The summed E-state index contributed by atoms with van der Waals surface area (Å²) >= 11 is 0. The first kappa shape index (κ1) is 14.3. The van der Waals surface area contributed by atoms with E-state index in [0.717, 1.165) is 31.7 Å². The molecule has 1 aromatic rings. The smallest absolute Gasteiger partial charge is 0.146 e. The van der Waals surface area contributed by atoms with Gasteiger partial charge in [0.25, 0.3) is 0 Å². The van der Waals surface area contributed by atoms with Crippen LogP contribution in [0.1, 0.15) is 32.4 Å². The van der Waals surface area contributed by atoms with Gasteiger partial charge in [-0.2, -0.15) is 0 Å². The maximum absolute atomic E-state index is 14.2. The Hall–Kier alpha value is -1.13. The van der Waals surface area contributed by atoms with Crippen molar-refractivity contribution < 1.29 is 4.39 Å². The van der Waals surface area contributed by atoms with Crippen LogP contribution in [0.5, 0.6) is 0 Å². The van der Waals surface area contributed by atoms with Crippen molar-refractivity contribution in [1.29, 1.82) is 0 Å². The Balaban J connectivity index is 2.15. The zero-order valence-corrected chi connectivity index (χ0v) is 12.1. The molecule has 0 radical (unpaired) electrons. The van der Waals surface area contributed by atoms with Crippen LogP contribution in [-0.2, 0) is 0 Å². The molecule has 2 N–H and O–H groups in total. The molecule has 3 nitrogen and oxygen atoms in total. The van der Waals surface area contributed by atoms with Crippen LogP contribution in [0, 0.1) is 5.82 Å². The Kier molecular flexibility index (Phi) is 4.42. The fourth-order valence-electron chi connectivity index (χ4n) is 2.75. The van der Waals surface area contributed by atoms with Gasteiger partial charge in [-0.15, -0.1) is 0 Å². The summed E-state index contributed by atoms with van der Waals surface area (Å²) in [6.07, 6.45) is 0. The summed E-state index contributed by atoms with van der Waals surface area (Å²) in [6, 6.07) is 5.70. The van der Waals surface area contributed by atoms with E-state index in [1.54, 1.807) is 6.07 Å². The minimum absolute atomic E-state index is 0.126. The van der Waals surface area contributed by atoms with Crippen LogP contribution in [0.25, 0.3) is 0 Å². The van der Waals surface area contributed by atoms with Gasteiger partial charge < -0.3 is 10.6 Å². The van der Waals surface area contributed by atoms with Gasteiger partial charge in [-0.25, -0.2) is 4.39 Å². The number of hydrogen-bond acceptors (Lipinski definition) is 3. The van der Waals surface area contributed by atoms with E-state index in [2.05, 4.69) is 23.6 Å². The van der Waals surface area contributed by atoms with Crippen molar-refractivity contribution in [2.45, 2.75) is 32.9 Å². The van der Waals surface area contributed by atoms with E-state index in [1.807, 2.05) is 19.1 Å². The highest BCUT2D eigenvalue weighted by Gasteiger charge is 2.24. The number of rotatable bonds is 3. The quantitative estimate of drug-likeness (QED) is 0.910. The molecule has 0 bridgehead atoms. The molecular formula is C15H24FN3. The van der Waals surface area contributed by atoms with E-state index in [1.165, 1.54) is 0 Å². The molecule has 0 aromatic heterocycles. The van der Waals surface area contributed by atoms with Gasteiger partial charge in [0.1, 0.15) is 5.82 Å². The predicted octanol–water partition coefficient (Wildman–Crippen LogP) is 2.38. The monoisotopic (exact) mass is 265 g/mol. The number of nitrogens with zero attached hydrogens (tertiary/aromatic N) is 2. The number of hydrogen-bond donors (Lipinski definition) is 1. The minimum Gasteiger partial charge on any atom is -0.366 e. The predicted molar refractivity (Wildman–Crippen MR) is 77.9 cm³/mol. The largest absolute Gasteiger partial charge is 0.366 e. The molecule has 0 aliphatic carbocycles. The lowest BCUT2D eigenvalue weighted by Gasteiger charge is -2.40. The lowest BCUT2D eigenvalue weighted by Crippen LogP contribution is -2.52. The summed E-state index contributed by atoms with van der Waals surface area (Å²) in [6.45, 7) is 10.0. The van der Waals surface area contributed by atoms with Gasteiger partial charge >= 0.3 is 0 Å². The van der Waals surface area contributed by atoms with E-state index in [0.29, 0.717) is 11.7 Å². The molecule has 2 atom stereocenters. The lowest BCUT2D eigenvalue weighted by molar-refractivity contribution is 0.199. The molecule has 1 aliphatic rings. The second kappa shape index (κ2) is 5.88. The molecule has 1 saturated heterocycles. The van der Waals surface area contributed by atoms with Gasteiger partial charge in [0.2, 0.25) is 0 Å². The van der Waals surface area contributed by atoms with Crippen molar-refractivity contribution in [1.82, 2.24) is 4.90 Å². The lowest BCUT2D eigenvalue weighted by atomic mass is 10.1. The molecule has 0 amide bonds. The molecule has 0 saturated carbocycles. The van der Waals surface area contributed by atoms with E-state index in [4.69, 9.17) is 5.73 Å². The number of likely N-dealkylation sites (N-methyl/N-ethyl adjacent to an activating group) is 1. The normalized spacial score (nSPS) is 22.6. The summed E-state index contributed by atoms with van der Waals surface area (Å²) < 4.78 is 14.2. The number of halogens is 1. The average Bonchev–Trinajstić information content (AvgIpc) is 2.38. The van der Waals surface area contributed by atoms with Crippen LogP contribution < -0.4 is 10.6 Å². The van der Waals surface area contributed by atoms with Gasteiger partial charge in [0.15, 0.2) is 0 Å². The first-order valence-corrected chi connectivity index (χ1v) is 7.07. The van der Waals surface area contributed by atoms with E-state index in [-0.39, 0.29) is 11.9 Å². The molecule has 106 valence electrons. The molecule has 1 aromatic carbocycles. The standard InChI is InChI=1S/C15H24FN3/c1-4-18-7-8-19(10-11(18)2)15-6-5-13(12(3)17)9-14(15)16/h5-6,9,11-12H,4,7-8,10,17H2,1-3H3/t11?,12-/m0/s1. The Bertz CT molecular complexity index is 433. The fourth-order valence-corrected chi connectivity index (χ4v) is 2.75. The topological polar surface area (TPSA) is 32.5 Å².